The van der Waals surface area contributed by atoms with E-state index in [1.807, 2.05) is 6.08 Å². The Balaban J connectivity index is 3.50. The van der Waals surface area contributed by atoms with Crippen molar-refractivity contribution < 1.29 is 15.0 Å². The van der Waals surface area contributed by atoms with Crippen LogP contribution < -0.4 is 5.73 Å². The van der Waals surface area contributed by atoms with Gasteiger partial charge >= 0.3 is 5.97 Å². The number of nitrogens with two attached hydrogens (primary N) is 1. The first-order valence-corrected chi connectivity index (χ1v) is 10.5. The smallest absolute Gasteiger partial charge is 0.321 e. The van der Waals surface area contributed by atoms with Crippen LogP contribution in [0.15, 0.2) is 12.2 Å². The highest BCUT2D eigenvalue weighted by Crippen LogP contribution is 2.15. The van der Waals surface area contributed by atoms with Gasteiger partial charge in [-0.2, -0.15) is 0 Å². The summed E-state index contributed by atoms with van der Waals surface area (Å²) in [5.41, 5.74) is 5.46. The average Bonchev–Trinajstić information content (AvgIpc) is 2.58. The van der Waals surface area contributed by atoms with E-state index in [1.54, 1.807) is 0 Å². The first-order valence-electron chi connectivity index (χ1n) is 9.49. The predicted octanol–water partition coefficient (Wildman–Crippen LogP) is 4.36. The lowest BCUT2D eigenvalue weighted by atomic mass is 10.1. The molecule has 4 nitrogen and oxygen atoms in total. The molecule has 4 N–H and O–H groups in total. The van der Waals surface area contributed by atoms with E-state index in [0.717, 1.165) is 6.42 Å². The summed E-state index contributed by atoms with van der Waals surface area (Å²) in [6.07, 6.45) is 18.4. The maximum absolute atomic E-state index is 10.7. The fourth-order valence-corrected chi connectivity index (χ4v) is 3.39. The molecule has 2 unspecified atom stereocenters. The first kappa shape index (κ1) is 23.5. The van der Waals surface area contributed by atoms with Crippen molar-refractivity contribution >= 4 is 17.7 Å². The Morgan fingerprint density at radius 2 is 1.58 bits per heavy atom. The number of hydrogen-bond donors (Lipinski definition) is 3. The zero-order valence-electron chi connectivity index (χ0n) is 15.3. The molecule has 0 aromatic rings. The normalized spacial score (nSPS) is 14.1. The van der Waals surface area contributed by atoms with E-state index in [2.05, 4.69) is 13.0 Å². The Labute approximate surface area is 152 Å². The van der Waals surface area contributed by atoms with Gasteiger partial charge in [-0.3, -0.25) is 4.79 Å². The Hall–Kier alpha value is -0.520. The van der Waals surface area contributed by atoms with E-state index in [0.29, 0.717) is 5.75 Å². The molecule has 0 saturated carbocycles. The summed E-state index contributed by atoms with van der Waals surface area (Å²) in [6.45, 7) is 2.27. The molecule has 24 heavy (non-hydrogen) atoms. The van der Waals surface area contributed by atoms with Crippen molar-refractivity contribution in [3.63, 3.8) is 0 Å². The maximum Gasteiger partial charge on any atom is 0.321 e. The van der Waals surface area contributed by atoms with Gasteiger partial charge in [-0.15, -0.1) is 11.8 Å². The molecular formula is C19H37NO3S. The monoisotopic (exact) mass is 359 g/mol. The van der Waals surface area contributed by atoms with Crippen molar-refractivity contribution in [3.05, 3.63) is 12.2 Å². The van der Waals surface area contributed by atoms with Crippen LogP contribution in [-0.4, -0.2) is 39.8 Å². The first-order chi connectivity index (χ1) is 11.6. The molecule has 0 aliphatic carbocycles. The molecular weight excluding hydrogens is 322 g/mol. The number of carboxylic acid groups (broad SMARTS) is 1. The standard InChI is InChI=1S/C19H37NO3S/c1-2-3-4-5-6-7-8-9-10-11-12-13-14-17(15-21)24-16-18(20)19(22)23/h13-14,17-18,21H,2-12,15-16,20H2,1H3,(H,22,23)/b14-13-. The number of allylic oxidation sites excluding steroid dienone is 1. The fourth-order valence-electron chi connectivity index (χ4n) is 2.47. The summed E-state index contributed by atoms with van der Waals surface area (Å²) < 4.78 is 0. The van der Waals surface area contributed by atoms with E-state index in [-0.39, 0.29) is 11.9 Å². The number of aliphatic carboxylic acids is 1. The molecule has 0 amide bonds. The van der Waals surface area contributed by atoms with Crippen LogP contribution in [0, 0.1) is 0 Å². The fraction of sp³-hybridized carbons (Fsp3) is 0.842. The molecule has 0 aliphatic heterocycles. The number of aliphatic hydroxyl groups excluding tert-OH is 1. The third kappa shape index (κ3) is 15.0. The van der Waals surface area contributed by atoms with Crippen molar-refractivity contribution in [1.82, 2.24) is 0 Å². The summed E-state index contributed by atoms with van der Waals surface area (Å²) in [7, 11) is 0. The Morgan fingerprint density at radius 1 is 1.04 bits per heavy atom. The lowest BCUT2D eigenvalue weighted by molar-refractivity contribution is -0.137. The summed E-state index contributed by atoms with van der Waals surface area (Å²) in [5, 5.41) is 18.0. The van der Waals surface area contributed by atoms with Gasteiger partial charge in [-0.05, 0) is 12.8 Å². The summed E-state index contributed by atoms with van der Waals surface area (Å²) >= 11 is 1.40. The van der Waals surface area contributed by atoms with Gasteiger partial charge in [0.05, 0.1) is 6.61 Å². The number of rotatable bonds is 17. The number of carboxylic acids is 1. The van der Waals surface area contributed by atoms with Crippen LogP contribution in [0.5, 0.6) is 0 Å². The van der Waals surface area contributed by atoms with Gasteiger partial charge in [-0.1, -0.05) is 76.9 Å². The van der Waals surface area contributed by atoms with E-state index < -0.39 is 12.0 Å². The van der Waals surface area contributed by atoms with Crippen LogP contribution in [0.3, 0.4) is 0 Å². The number of unbranched alkanes of at least 4 members (excludes halogenated alkanes) is 10. The highest BCUT2D eigenvalue weighted by molar-refractivity contribution is 8.00. The Kier molecular flexibility index (Phi) is 16.9. The highest BCUT2D eigenvalue weighted by Gasteiger charge is 2.13. The zero-order chi connectivity index (χ0) is 18.0. The molecule has 0 spiro atoms. The maximum atomic E-state index is 10.7. The van der Waals surface area contributed by atoms with Crippen LogP contribution in [0.4, 0.5) is 0 Å². The number of thioether (sulfide) groups is 1. The lowest BCUT2D eigenvalue weighted by Gasteiger charge is -2.11. The van der Waals surface area contributed by atoms with E-state index >= 15 is 0 Å². The second-order valence-corrected chi connectivity index (χ2v) is 7.67. The molecule has 0 aromatic carbocycles. The molecule has 2 atom stereocenters. The second-order valence-electron chi connectivity index (χ2n) is 6.40. The van der Waals surface area contributed by atoms with Crippen molar-refractivity contribution in [1.29, 1.82) is 0 Å². The third-order valence-electron chi connectivity index (χ3n) is 4.06. The summed E-state index contributed by atoms with van der Waals surface area (Å²) in [5.74, 6) is -0.670. The summed E-state index contributed by atoms with van der Waals surface area (Å²) in [6, 6.07) is -0.862. The summed E-state index contributed by atoms with van der Waals surface area (Å²) in [4.78, 5) is 10.7. The van der Waals surface area contributed by atoms with Gasteiger partial charge in [-0.25, -0.2) is 0 Å². The van der Waals surface area contributed by atoms with Gasteiger partial charge in [0.15, 0.2) is 0 Å². The van der Waals surface area contributed by atoms with Gasteiger partial charge in [0.25, 0.3) is 0 Å². The molecule has 0 radical (unpaired) electrons. The Bertz CT molecular complexity index is 324. The van der Waals surface area contributed by atoms with E-state index in [1.165, 1.54) is 76.0 Å². The van der Waals surface area contributed by atoms with Crippen LogP contribution >= 0.6 is 11.8 Å². The molecule has 0 aromatic heterocycles. The van der Waals surface area contributed by atoms with Crippen LogP contribution in [0.25, 0.3) is 0 Å². The van der Waals surface area contributed by atoms with Crippen molar-refractivity contribution in [2.24, 2.45) is 5.73 Å². The quantitative estimate of drug-likeness (QED) is 0.265. The lowest BCUT2D eigenvalue weighted by Crippen LogP contribution is -2.33. The second kappa shape index (κ2) is 17.3. The zero-order valence-corrected chi connectivity index (χ0v) is 16.1. The third-order valence-corrected chi connectivity index (χ3v) is 5.35. The van der Waals surface area contributed by atoms with Crippen molar-refractivity contribution in [2.75, 3.05) is 12.4 Å². The molecule has 0 rings (SSSR count). The number of carbonyl (C=O) groups is 1. The van der Waals surface area contributed by atoms with Gasteiger partial charge in [0.2, 0.25) is 0 Å². The molecule has 5 heteroatoms. The van der Waals surface area contributed by atoms with Gasteiger partial charge in [0, 0.05) is 11.0 Å². The minimum atomic E-state index is -0.992. The average molecular weight is 360 g/mol. The van der Waals surface area contributed by atoms with E-state index in [4.69, 9.17) is 10.8 Å². The molecule has 0 fully saturated rings. The predicted molar refractivity (Wildman–Crippen MR) is 105 cm³/mol. The molecule has 0 saturated heterocycles. The van der Waals surface area contributed by atoms with Crippen LogP contribution in [-0.2, 0) is 4.79 Å². The van der Waals surface area contributed by atoms with Crippen LogP contribution in [0.2, 0.25) is 0 Å². The van der Waals surface area contributed by atoms with Gasteiger partial charge < -0.3 is 15.9 Å². The molecule has 0 aliphatic rings. The topological polar surface area (TPSA) is 83.5 Å². The highest BCUT2D eigenvalue weighted by atomic mass is 32.2. The van der Waals surface area contributed by atoms with E-state index in [9.17, 15) is 9.90 Å². The largest absolute Gasteiger partial charge is 0.480 e. The van der Waals surface area contributed by atoms with Crippen molar-refractivity contribution in [2.45, 2.75) is 88.8 Å². The minimum Gasteiger partial charge on any atom is -0.480 e. The molecule has 142 valence electrons. The van der Waals surface area contributed by atoms with Crippen molar-refractivity contribution in [3.8, 4) is 0 Å². The SMILES string of the molecule is CCCCCCCCCCCC/C=C\C(CO)SCC(N)C(=O)O. The Morgan fingerprint density at radius 3 is 2.08 bits per heavy atom. The van der Waals surface area contributed by atoms with Gasteiger partial charge in [0.1, 0.15) is 6.04 Å². The number of hydrogen-bond acceptors (Lipinski definition) is 4. The number of aliphatic hydroxyl groups is 1. The van der Waals surface area contributed by atoms with Crippen LogP contribution in [0.1, 0.15) is 77.6 Å². The minimum absolute atomic E-state index is 0.0194. The molecule has 0 heterocycles. The molecule has 0 bridgehead atoms.